The molecule has 2 aromatic carbocycles. The van der Waals surface area contributed by atoms with Gasteiger partial charge in [0.1, 0.15) is 11.6 Å². The lowest BCUT2D eigenvalue weighted by atomic mass is 9.96. The number of hydrogen-bond donors (Lipinski definition) is 1. The summed E-state index contributed by atoms with van der Waals surface area (Å²) in [4.78, 5) is 22.5. The van der Waals surface area contributed by atoms with Crippen LogP contribution in [0.3, 0.4) is 0 Å². The van der Waals surface area contributed by atoms with E-state index in [1.807, 2.05) is 29.2 Å². The monoisotopic (exact) mass is 323 g/mol. The van der Waals surface area contributed by atoms with E-state index in [1.54, 1.807) is 12.1 Å². The molecule has 1 saturated heterocycles. The number of carbonyl (C=O) groups is 1. The number of hydrogen-bond acceptors (Lipinski definition) is 2. The van der Waals surface area contributed by atoms with Gasteiger partial charge in [-0.15, -0.1) is 0 Å². The molecule has 2 heterocycles. The molecule has 122 valence electrons. The number of para-hydroxylation sites is 2. The number of nitrogens with zero attached hydrogens (tertiary/aromatic N) is 2. The molecule has 1 fully saturated rings. The van der Waals surface area contributed by atoms with Crippen LogP contribution in [0.4, 0.5) is 4.39 Å². The Morgan fingerprint density at radius 1 is 1.17 bits per heavy atom. The van der Waals surface area contributed by atoms with Gasteiger partial charge in [0.2, 0.25) is 0 Å². The lowest BCUT2D eigenvalue weighted by Crippen LogP contribution is -2.39. The topological polar surface area (TPSA) is 49.0 Å². The van der Waals surface area contributed by atoms with Gasteiger partial charge < -0.3 is 9.88 Å². The van der Waals surface area contributed by atoms with E-state index in [2.05, 4.69) is 9.97 Å². The number of benzene rings is 2. The van der Waals surface area contributed by atoms with Gasteiger partial charge in [-0.1, -0.05) is 12.1 Å². The van der Waals surface area contributed by atoms with Crippen molar-refractivity contribution in [2.45, 2.75) is 18.8 Å². The molecule has 0 saturated carbocycles. The summed E-state index contributed by atoms with van der Waals surface area (Å²) >= 11 is 0. The third kappa shape index (κ3) is 2.77. The summed E-state index contributed by atoms with van der Waals surface area (Å²) in [5, 5.41) is 0. The first-order valence-electron chi connectivity index (χ1n) is 8.20. The van der Waals surface area contributed by atoms with Crippen LogP contribution < -0.4 is 0 Å². The molecule has 1 atom stereocenters. The summed E-state index contributed by atoms with van der Waals surface area (Å²) in [6, 6.07) is 13.7. The zero-order chi connectivity index (χ0) is 16.5. The second kappa shape index (κ2) is 6.07. The second-order valence-electron chi connectivity index (χ2n) is 6.24. The number of amides is 1. The van der Waals surface area contributed by atoms with Crippen LogP contribution in [0.15, 0.2) is 48.5 Å². The molecule has 1 amide bonds. The number of carbonyl (C=O) groups excluding carboxylic acids is 1. The highest BCUT2D eigenvalue weighted by Crippen LogP contribution is 2.27. The van der Waals surface area contributed by atoms with E-state index in [0.717, 1.165) is 36.2 Å². The van der Waals surface area contributed by atoms with Crippen molar-refractivity contribution < 1.29 is 9.18 Å². The van der Waals surface area contributed by atoms with E-state index in [0.29, 0.717) is 12.1 Å². The Labute approximate surface area is 139 Å². The van der Waals surface area contributed by atoms with Crippen molar-refractivity contribution in [3.05, 3.63) is 65.7 Å². The maximum absolute atomic E-state index is 13.0. The molecule has 0 bridgehead atoms. The van der Waals surface area contributed by atoms with Crippen molar-refractivity contribution in [2.75, 3.05) is 13.1 Å². The summed E-state index contributed by atoms with van der Waals surface area (Å²) < 4.78 is 13.0. The molecule has 0 radical (unpaired) electrons. The van der Waals surface area contributed by atoms with Crippen LogP contribution >= 0.6 is 0 Å². The number of halogens is 1. The fourth-order valence-electron chi connectivity index (χ4n) is 3.33. The zero-order valence-electron chi connectivity index (χ0n) is 13.2. The zero-order valence-corrected chi connectivity index (χ0v) is 13.2. The van der Waals surface area contributed by atoms with Crippen LogP contribution in [0.1, 0.15) is 34.9 Å². The van der Waals surface area contributed by atoms with Gasteiger partial charge in [-0.25, -0.2) is 9.37 Å². The molecule has 0 aliphatic carbocycles. The number of rotatable bonds is 2. The summed E-state index contributed by atoms with van der Waals surface area (Å²) in [5.41, 5.74) is 2.51. The number of fused-ring (bicyclic) bond motifs is 1. The van der Waals surface area contributed by atoms with Crippen LogP contribution in [0.5, 0.6) is 0 Å². The third-order valence-electron chi connectivity index (χ3n) is 4.59. The van der Waals surface area contributed by atoms with Crippen molar-refractivity contribution >= 4 is 16.9 Å². The van der Waals surface area contributed by atoms with Gasteiger partial charge in [-0.05, 0) is 49.2 Å². The van der Waals surface area contributed by atoms with Crippen LogP contribution in [0, 0.1) is 5.82 Å². The number of aromatic nitrogens is 2. The van der Waals surface area contributed by atoms with Gasteiger partial charge in [-0.3, -0.25) is 4.79 Å². The lowest BCUT2D eigenvalue weighted by Gasteiger charge is -2.32. The Hall–Kier alpha value is -2.69. The first-order chi connectivity index (χ1) is 11.7. The fourth-order valence-corrected chi connectivity index (χ4v) is 3.33. The van der Waals surface area contributed by atoms with Gasteiger partial charge in [0.25, 0.3) is 5.91 Å². The van der Waals surface area contributed by atoms with E-state index >= 15 is 0 Å². The minimum atomic E-state index is -0.328. The van der Waals surface area contributed by atoms with E-state index in [9.17, 15) is 9.18 Å². The summed E-state index contributed by atoms with van der Waals surface area (Å²) in [6.45, 7) is 1.36. The number of aromatic amines is 1. The Kier molecular flexibility index (Phi) is 3.76. The first kappa shape index (κ1) is 14.9. The van der Waals surface area contributed by atoms with E-state index in [4.69, 9.17) is 0 Å². The maximum Gasteiger partial charge on any atom is 0.253 e. The quantitative estimate of drug-likeness (QED) is 0.781. The summed E-state index contributed by atoms with van der Waals surface area (Å²) in [6.07, 6.45) is 1.95. The molecule has 1 aromatic heterocycles. The van der Waals surface area contributed by atoms with E-state index < -0.39 is 0 Å². The Balaban J connectivity index is 1.54. The van der Waals surface area contributed by atoms with Crippen LogP contribution in [0.25, 0.3) is 11.0 Å². The predicted octanol–water partition coefficient (Wildman–Crippen LogP) is 3.72. The number of H-pyrrole nitrogens is 1. The van der Waals surface area contributed by atoms with Crippen molar-refractivity contribution in [3.63, 3.8) is 0 Å². The molecule has 0 unspecified atom stereocenters. The first-order valence-corrected chi connectivity index (χ1v) is 8.20. The van der Waals surface area contributed by atoms with Crippen molar-refractivity contribution in [2.24, 2.45) is 0 Å². The number of likely N-dealkylation sites (tertiary alicyclic amines) is 1. The molecular weight excluding hydrogens is 305 g/mol. The number of piperidine rings is 1. The highest BCUT2D eigenvalue weighted by Gasteiger charge is 2.27. The summed E-state index contributed by atoms with van der Waals surface area (Å²) in [5.74, 6) is 0.768. The van der Waals surface area contributed by atoms with Crippen LogP contribution in [-0.4, -0.2) is 33.9 Å². The fraction of sp³-hybridized carbons (Fsp3) is 0.263. The molecule has 3 aromatic rings. The molecule has 0 spiro atoms. The maximum atomic E-state index is 13.0. The van der Waals surface area contributed by atoms with Crippen LogP contribution in [0.2, 0.25) is 0 Å². The smallest absolute Gasteiger partial charge is 0.253 e. The van der Waals surface area contributed by atoms with Crippen molar-refractivity contribution in [3.8, 4) is 0 Å². The largest absolute Gasteiger partial charge is 0.342 e. The number of nitrogens with one attached hydrogen (secondary N) is 1. The van der Waals surface area contributed by atoms with Crippen molar-refractivity contribution in [1.29, 1.82) is 0 Å². The summed E-state index contributed by atoms with van der Waals surface area (Å²) in [7, 11) is 0. The molecule has 4 nitrogen and oxygen atoms in total. The minimum Gasteiger partial charge on any atom is -0.342 e. The highest BCUT2D eigenvalue weighted by atomic mass is 19.1. The van der Waals surface area contributed by atoms with E-state index in [-0.39, 0.29) is 17.6 Å². The Morgan fingerprint density at radius 3 is 2.75 bits per heavy atom. The molecule has 24 heavy (non-hydrogen) atoms. The average molecular weight is 323 g/mol. The van der Waals surface area contributed by atoms with E-state index in [1.165, 1.54) is 12.1 Å². The Bertz CT molecular complexity index is 839. The molecule has 5 heteroatoms. The lowest BCUT2D eigenvalue weighted by molar-refractivity contribution is 0.0705. The van der Waals surface area contributed by atoms with Gasteiger partial charge in [0.05, 0.1) is 11.0 Å². The Morgan fingerprint density at radius 2 is 1.96 bits per heavy atom. The van der Waals surface area contributed by atoms with Gasteiger partial charge in [-0.2, -0.15) is 0 Å². The third-order valence-corrected chi connectivity index (χ3v) is 4.59. The standard InChI is InChI=1S/C19H18FN3O/c20-15-9-7-13(8-10-15)19(24)23-11-3-4-14(12-23)18-21-16-5-1-2-6-17(16)22-18/h1-2,5-10,14H,3-4,11-12H2,(H,21,22)/t14-/m1/s1. The molecule has 1 aliphatic heterocycles. The molecule has 1 aliphatic rings. The highest BCUT2D eigenvalue weighted by molar-refractivity contribution is 5.94. The van der Waals surface area contributed by atoms with Gasteiger partial charge in [0, 0.05) is 24.6 Å². The van der Waals surface area contributed by atoms with Crippen molar-refractivity contribution in [1.82, 2.24) is 14.9 Å². The molecule has 4 rings (SSSR count). The molecular formula is C19H18FN3O. The van der Waals surface area contributed by atoms with Crippen LogP contribution in [-0.2, 0) is 0 Å². The normalized spacial score (nSPS) is 18.0. The average Bonchev–Trinajstić information content (AvgIpc) is 3.06. The minimum absolute atomic E-state index is 0.0455. The number of imidazole rings is 1. The van der Waals surface area contributed by atoms with Gasteiger partial charge >= 0.3 is 0 Å². The molecule has 1 N–H and O–H groups in total. The second-order valence-corrected chi connectivity index (χ2v) is 6.24. The predicted molar refractivity (Wildman–Crippen MR) is 90.4 cm³/mol. The SMILES string of the molecule is O=C(c1ccc(F)cc1)N1CCC[C@@H](c2nc3ccccc3[nH]2)C1. The van der Waals surface area contributed by atoms with Gasteiger partial charge in [0.15, 0.2) is 0 Å².